The SMILES string of the molecule is CC(N[C@@H](C)c1cccc(Br)c1)c1ccc(F)cc1F. The lowest BCUT2D eigenvalue weighted by Gasteiger charge is -2.21. The molecule has 0 fully saturated rings. The zero-order valence-electron chi connectivity index (χ0n) is 11.3. The minimum atomic E-state index is -0.557. The fourth-order valence-corrected chi connectivity index (χ4v) is 2.61. The summed E-state index contributed by atoms with van der Waals surface area (Å²) >= 11 is 3.43. The van der Waals surface area contributed by atoms with Crippen molar-refractivity contribution in [2.24, 2.45) is 0 Å². The largest absolute Gasteiger partial charge is 0.304 e. The van der Waals surface area contributed by atoms with Crippen molar-refractivity contribution in [2.45, 2.75) is 25.9 Å². The van der Waals surface area contributed by atoms with Gasteiger partial charge < -0.3 is 5.32 Å². The van der Waals surface area contributed by atoms with E-state index in [0.717, 1.165) is 16.1 Å². The maximum atomic E-state index is 13.7. The van der Waals surface area contributed by atoms with Crippen molar-refractivity contribution in [3.63, 3.8) is 0 Å². The molecule has 20 heavy (non-hydrogen) atoms. The molecule has 0 aliphatic heterocycles. The van der Waals surface area contributed by atoms with Crippen LogP contribution in [0.3, 0.4) is 0 Å². The first-order chi connectivity index (χ1) is 9.47. The fourth-order valence-electron chi connectivity index (χ4n) is 2.19. The summed E-state index contributed by atoms with van der Waals surface area (Å²) in [5.41, 5.74) is 1.57. The Morgan fingerprint density at radius 1 is 1.00 bits per heavy atom. The highest BCUT2D eigenvalue weighted by molar-refractivity contribution is 9.10. The van der Waals surface area contributed by atoms with Crippen LogP contribution in [0.5, 0.6) is 0 Å². The zero-order valence-corrected chi connectivity index (χ0v) is 12.9. The van der Waals surface area contributed by atoms with Gasteiger partial charge >= 0.3 is 0 Å². The van der Waals surface area contributed by atoms with E-state index < -0.39 is 11.6 Å². The van der Waals surface area contributed by atoms with E-state index in [1.807, 2.05) is 38.1 Å². The summed E-state index contributed by atoms with van der Waals surface area (Å²) in [6.45, 7) is 3.88. The van der Waals surface area contributed by atoms with Crippen LogP contribution in [0.4, 0.5) is 8.78 Å². The van der Waals surface area contributed by atoms with Gasteiger partial charge in [-0.15, -0.1) is 0 Å². The van der Waals surface area contributed by atoms with E-state index in [9.17, 15) is 8.78 Å². The maximum Gasteiger partial charge on any atom is 0.130 e. The maximum absolute atomic E-state index is 13.7. The van der Waals surface area contributed by atoms with E-state index in [2.05, 4.69) is 21.2 Å². The highest BCUT2D eigenvalue weighted by Gasteiger charge is 2.15. The molecule has 0 aliphatic carbocycles. The molecule has 2 atom stereocenters. The molecule has 0 aromatic heterocycles. The smallest absolute Gasteiger partial charge is 0.130 e. The third-order valence-corrected chi connectivity index (χ3v) is 3.77. The van der Waals surface area contributed by atoms with Gasteiger partial charge in [0, 0.05) is 28.2 Å². The van der Waals surface area contributed by atoms with Crippen LogP contribution in [-0.2, 0) is 0 Å². The van der Waals surface area contributed by atoms with Crippen molar-refractivity contribution in [1.29, 1.82) is 0 Å². The molecule has 0 heterocycles. The zero-order chi connectivity index (χ0) is 14.7. The molecule has 2 rings (SSSR count). The summed E-state index contributed by atoms with van der Waals surface area (Å²) in [5, 5.41) is 3.32. The van der Waals surface area contributed by atoms with Crippen LogP contribution in [-0.4, -0.2) is 0 Å². The predicted molar refractivity (Wildman–Crippen MR) is 80.5 cm³/mol. The van der Waals surface area contributed by atoms with Crippen molar-refractivity contribution in [2.75, 3.05) is 0 Å². The molecule has 1 nitrogen and oxygen atoms in total. The molecule has 1 unspecified atom stereocenters. The number of nitrogens with one attached hydrogen (secondary N) is 1. The summed E-state index contributed by atoms with van der Waals surface area (Å²) in [6, 6.07) is 11.5. The number of hydrogen-bond donors (Lipinski definition) is 1. The molecule has 0 saturated heterocycles. The summed E-state index contributed by atoms with van der Waals surface area (Å²) < 4.78 is 27.7. The second-order valence-corrected chi connectivity index (χ2v) is 5.75. The number of hydrogen-bond acceptors (Lipinski definition) is 1. The van der Waals surface area contributed by atoms with Gasteiger partial charge in [0.05, 0.1) is 0 Å². The van der Waals surface area contributed by atoms with Crippen molar-refractivity contribution in [3.05, 3.63) is 69.7 Å². The Balaban J connectivity index is 2.12. The molecule has 106 valence electrons. The minimum Gasteiger partial charge on any atom is -0.304 e. The van der Waals surface area contributed by atoms with Crippen LogP contribution in [0.25, 0.3) is 0 Å². The third-order valence-electron chi connectivity index (χ3n) is 3.28. The summed E-state index contributed by atoms with van der Waals surface area (Å²) in [4.78, 5) is 0. The van der Waals surface area contributed by atoms with Crippen molar-refractivity contribution < 1.29 is 8.78 Å². The van der Waals surface area contributed by atoms with Crippen LogP contribution in [0.2, 0.25) is 0 Å². The lowest BCUT2D eigenvalue weighted by Crippen LogP contribution is -2.23. The number of rotatable bonds is 4. The van der Waals surface area contributed by atoms with Crippen LogP contribution in [0, 0.1) is 11.6 Å². The molecule has 1 N–H and O–H groups in total. The molecule has 0 saturated carbocycles. The average molecular weight is 340 g/mol. The Bertz CT molecular complexity index is 601. The molecule has 0 amide bonds. The van der Waals surface area contributed by atoms with Crippen LogP contribution >= 0.6 is 15.9 Å². The second kappa shape index (κ2) is 6.46. The Morgan fingerprint density at radius 3 is 2.40 bits per heavy atom. The predicted octanol–water partition coefficient (Wildman–Crippen LogP) is 5.14. The molecule has 0 bridgehead atoms. The molecule has 0 radical (unpaired) electrons. The Hall–Kier alpha value is -1.26. The first-order valence-corrected chi connectivity index (χ1v) is 7.23. The van der Waals surface area contributed by atoms with Gasteiger partial charge in [0.1, 0.15) is 11.6 Å². The topological polar surface area (TPSA) is 12.0 Å². The van der Waals surface area contributed by atoms with Gasteiger partial charge in [-0.1, -0.05) is 34.1 Å². The van der Waals surface area contributed by atoms with E-state index in [-0.39, 0.29) is 12.1 Å². The number of benzene rings is 2. The van der Waals surface area contributed by atoms with Gasteiger partial charge in [-0.3, -0.25) is 0 Å². The lowest BCUT2D eigenvalue weighted by atomic mass is 10.0. The van der Waals surface area contributed by atoms with Gasteiger partial charge in [-0.05, 0) is 37.6 Å². The Kier molecular flexibility index (Phi) is 4.89. The quantitative estimate of drug-likeness (QED) is 0.813. The van der Waals surface area contributed by atoms with Crippen LogP contribution in [0.15, 0.2) is 46.9 Å². The summed E-state index contributed by atoms with van der Waals surface area (Å²) in [7, 11) is 0. The van der Waals surface area contributed by atoms with Crippen molar-refractivity contribution in [1.82, 2.24) is 5.32 Å². The molecular formula is C16H16BrF2N. The first kappa shape index (κ1) is 15.1. The van der Waals surface area contributed by atoms with Crippen LogP contribution < -0.4 is 5.32 Å². The lowest BCUT2D eigenvalue weighted by molar-refractivity contribution is 0.470. The van der Waals surface area contributed by atoms with Gasteiger partial charge in [0.2, 0.25) is 0 Å². The average Bonchev–Trinajstić information content (AvgIpc) is 2.38. The summed E-state index contributed by atoms with van der Waals surface area (Å²) in [5.74, 6) is -1.08. The molecular weight excluding hydrogens is 324 g/mol. The van der Waals surface area contributed by atoms with Gasteiger partial charge in [0.15, 0.2) is 0 Å². The monoisotopic (exact) mass is 339 g/mol. The molecule has 4 heteroatoms. The third kappa shape index (κ3) is 3.64. The van der Waals surface area contributed by atoms with E-state index in [4.69, 9.17) is 0 Å². The first-order valence-electron chi connectivity index (χ1n) is 6.44. The highest BCUT2D eigenvalue weighted by Crippen LogP contribution is 2.23. The molecule has 2 aromatic rings. The van der Waals surface area contributed by atoms with E-state index in [1.54, 1.807) is 0 Å². The van der Waals surface area contributed by atoms with Gasteiger partial charge in [-0.25, -0.2) is 8.78 Å². The van der Waals surface area contributed by atoms with Gasteiger partial charge in [-0.2, -0.15) is 0 Å². The van der Waals surface area contributed by atoms with Crippen LogP contribution in [0.1, 0.15) is 37.1 Å². The highest BCUT2D eigenvalue weighted by atomic mass is 79.9. The van der Waals surface area contributed by atoms with Crippen molar-refractivity contribution in [3.8, 4) is 0 Å². The molecule has 2 aromatic carbocycles. The number of halogens is 3. The Labute approximate surface area is 126 Å². The fraction of sp³-hybridized carbons (Fsp3) is 0.250. The standard InChI is InChI=1S/C16H16BrF2N/c1-10(12-4-3-5-13(17)8-12)20-11(2)15-7-6-14(18)9-16(15)19/h3-11,20H,1-2H3/t10-,11?/m0/s1. The summed E-state index contributed by atoms with van der Waals surface area (Å²) in [6.07, 6.45) is 0. The Morgan fingerprint density at radius 2 is 1.75 bits per heavy atom. The molecule has 0 spiro atoms. The normalized spacial score (nSPS) is 14.1. The van der Waals surface area contributed by atoms with E-state index >= 15 is 0 Å². The van der Waals surface area contributed by atoms with Gasteiger partial charge in [0.25, 0.3) is 0 Å². The molecule has 0 aliphatic rings. The van der Waals surface area contributed by atoms with E-state index in [0.29, 0.717) is 5.56 Å². The second-order valence-electron chi connectivity index (χ2n) is 4.83. The van der Waals surface area contributed by atoms with E-state index in [1.165, 1.54) is 12.1 Å². The van der Waals surface area contributed by atoms with Crippen molar-refractivity contribution >= 4 is 15.9 Å². The minimum absolute atomic E-state index is 0.0620.